The zero-order chi connectivity index (χ0) is 15.1. The smallest absolute Gasteiger partial charge is 0.267 e. The van der Waals surface area contributed by atoms with Crippen molar-refractivity contribution in [3.8, 4) is 11.5 Å². The minimum Gasteiger partial charge on any atom is -0.485 e. The van der Waals surface area contributed by atoms with Crippen molar-refractivity contribution in [2.24, 2.45) is 0 Å². The Labute approximate surface area is 142 Å². The number of nitrogens with one attached hydrogen (secondary N) is 1. The fourth-order valence-electron chi connectivity index (χ4n) is 3.89. The summed E-state index contributed by atoms with van der Waals surface area (Å²) in [5.41, 5.74) is 0. The lowest BCUT2D eigenvalue weighted by Crippen LogP contribution is -2.53. The number of piperidine rings is 1. The minimum absolute atomic E-state index is 0. The van der Waals surface area contributed by atoms with E-state index < -0.39 is 6.10 Å². The van der Waals surface area contributed by atoms with Crippen LogP contribution in [0.25, 0.3) is 0 Å². The van der Waals surface area contributed by atoms with E-state index in [1.165, 1.54) is 12.8 Å². The Bertz CT molecular complexity index is 571. The molecule has 1 aromatic carbocycles. The molecule has 0 radical (unpaired) electrons. The van der Waals surface area contributed by atoms with Crippen molar-refractivity contribution in [1.29, 1.82) is 0 Å². The van der Waals surface area contributed by atoms with Crippen LogP contribution in [-0.2, 0) is 4.79 Å². The van der Waals surface area contributed by atoms with E-state index in [1.807, 2.05) is 36.2 Å². The normalized spacial score (nSPS) is 31.2. The maximum Gasteiger partial charge on any atom is 0.267 e. The number of amides is 1. The highest BCUT2D eigenvalue weighted by Crippen LogP contribution is 2.33. The molecule has 126 valence electrons. The second-order valence-corrected chi connectivity index (χ2v) is 6.58. The van der Waals surface area contributed by atoms with Gasteiger partial charge in [0.25, 0.3) is 5.91 Å². The van der Waals surface area contributed by atoms with Crippen molar-refractivity contribution < 1.29 is 14.3 Å². The van der Waals surface area contributed by atoms with Gasteiger partial charge in [0.2, 0.25) is 6.10 Å². The highest BCUT2D eigenvalue weighted by Gasteiger charge is 2.39. The Morgan fingerprint density at radius 2 is 1.83 bits per heavy atom. The van der Waals surface area contributed by atoms with Gasteiger partial charge in [-0.1, -0.05) is 12.1 Å². The lowest BCUT2D eigenvalue weighted by atomic mass is 9.98. The average molecular weight is 339 g/mol. The summed E-state index contributed by atoms with van der Waals surface area (Å²) in [4.78, 5) is 14.6. The molecule has 2 fully saturated rings. The number of likely N-dealkylation sites (N-methyl/N-ethyl adjacent to an activating group) is 1. The summed E-state index contributed by atoms with van der Waals surface area (Å²) in [5, 5.41) is 3.61. The summed E-state index contributed by atoms with van der Waals surface area (Å²) in [7, 11) is 1.90. The van der Waals surface area contributed by atoms with Gasteiger partial charge in [-0.05, 0) is 37.8 Å². The van der Waals surface area contributed by atoms with Gasteiger partial charge in [-0.15, -0.1) is 12.4 Å². The van der Waals surface area contributed by atoms with E-state index in [0.717, 1.165) is 12.8 Å². The van der Waals surface area contributed by atoms with Crippen LogP contribution in [0.3, 0.4) is 0 Å². The molecule has 5 nitrogen and oxygen atoms in total. The molecule has 3 heterocycles. The second kappa shape index (κ2) is 6.57. The third kappa shape index (κ3) is 3.12. The SMILES string of the molecule is CN(C(=O)C1COc2ccccc2O1)C1CC2CCC(C1)N2.Cl. The molecule has 3 aliphatic heterocycles. The van der Waals surface area contributed by atoms with E-state index in [-0.39, 0.29) is 24.9 Å². The molecule has 0 aliphatic carbocycles. The zero-order valence-corrected chi connectivity index (χ0v) is 14.1. The molecule has 23 heavy (non-hydrogen) atoms. The van der Waals surface area contributed by atoms with Gasteiger partial charge < -0.3 is 19.7 Å². The summed E-state index contributed by atoms with van der Waals surface area (Å²) in [6, 6.07) is 8.97. The van der Waals surface area contributed by atoms with Crippen LogP contribution >= 0.6 is 12.4 Å². The molecule has 0 aromatic heterocycles. The number of fused-ring (bicyclic) bond motifs is 3. The van der Waals surface area contributed by atoms with Gasteiger partial charge in [-0.3, -0.25) is 4.79 Å². The summed E-state index contributed by atoms with van der Waals surface area (Å²) >= 11 is 0. The summed E-state index contributed by atoms with van der Waals surface area (Å²) in [5.74, 6) is 1.40. The number of hydrogen-bond donors (Lipinski definition) is 1. The number of rotatable bonds is 2. The fraction of sp³-hybridized carbons (Fsp3) is 0.588. The molecule has 1 N–H and O–H groups in total. The molecule has 6 heteroatoms. The topological polar surface area (TPSA) is 50.8 Å². The van der Waals surface area contributed by atoms with Crippen LogP contribution in [-0.4, -0.2) is 48.7 Å². The van der Waals surface area contributed by atoms with Crippen molar-refractivity contribution in [1.82, 2.24) is 10.2 Å². The molecule has 3 unspecified atom stereocenters. The van der Waals surface area contributed by atoms with E-state index in [2.05, 4.69) is 5.32 Å². The molecule has 0 spiro atoms. The summed E-state index contributed by atoms with van der Waals surface area (Å²) < 4.78 is 11.5. The molecule has 3 aliphatic rings. The van der Waals surface area contributed by atoms with Crippen molar-refractivity contribution in [2.75, 3.05) is 13.7 Å². The predicted octanol–water partition coefficient (Wildman–Crippen LogP) is 1.99. The van der Waals surface area contributed by atoms with Gasteiger partial charge in [-0.25, -0.2) is 0 Å². The third-order valence-electron chi connectivity index (χ3n) is 5.13. The molecular weight excluding hydrogens is 316 g/mol. The van der Waals surface area contributed by atoms with Gasteiger partial charge in [0.15, 0.2) is 11.5 Å². The van der Waals surface area contributed by atoms with Crippen LogP contribution in [0.5, 0.6) is 11.5 Å². The first-order valence-electron chi connectivity index (χ1n) is 8.12. The highest BCUT2D eigenvalue weighted by atomic mass is 35.5. The molecule has 2 bridgehead atoms. The number of carbonyl (C=O) groups is 1. The van der Waals surface area contributed by atoms with E-state index in [1.54, 1.807) is 0 Å². The number of carbonyl (C=O) groups excluding carboxylic acids is 1. The van der Waals surface area contributed by atoms with Crippen LogP contribution in [0, 0.1) is 0 Å². The number of halogens is 1. The Morgan fingerprint density at radius 3 is 2.52 bits per heavy atom. The van der Waals surface area contributed by atoms with E-state index in [9.17, 15) is 4.79 Å². The van der Waals surface area contributed by atoms with Crippen molar-refractivity contribution >= 4 is 18.3 Å². The monoisotopic (exact) mass is 338 g/mol. The van der Waals surface area contributed by atoms with Crippen molar-refractivity contribution in [3.05, 3.63) is 24.3 Å². The number of ether oxygens (including phenoxy) is 2. The van der Waals surface area contributed by atoms with Gasteiger partial charge in [0, 0.05) is 25.2 Å². The van der Waals surface area contributed by atoms with Gasteiger partial charge in [-0.2, -0.15) is 0 Å². The van der Waals surface area contributed by atoms with Crippen LogP contribution < -0.4 is 14.8 Å². The van der Waals surface area contributed by atoms with Gasteiger partial charge in [0.1, 0.15) is 6.61 Å². The van der Waals surface area contributed by atoms with Gasteiger partial charge in [0.05, 0.1) is 0 Å². The van der Waals surface area contributed by atoms with Gasteiger partial charge >= 0.3 is 0 Å². The lowest BCUT2D eigenvalue weighted by molar-refractivity contribution is -0.142. The number of hydrogen-bond acceptors (Lipinski definition) is 4. The summed E-state index contributed by atoms with van der Waals surface area (Å²) in [6.07, 6.45) is 4.03. The van der Waals surface area contributed by atoms with E-state index in [0.29, 0.717) is 29.6 Å². The first-order valence-corrected chi connectivity index (χ1v) is 8.12. The maximum atomic E-state index is 12.7. The van der Waals surface area contributed by atoms with Crippen molar-refractivity contribution in [2.45, 2.75) is 49.9 Å². The Kier molecular flexibility index (Phi) is 4.69. The van der Waals surface area contributed by atoms with Crippen LogP contribution in [0.2, 0.25) is 0 Å². The largest absolute Gasteiger partial charge is 0.485 e. The minimum atomic E-state index is -0.535. The molecule has 0 saturated carbocycles. The molecule has 1 aromatic rings. The Hall–Kier alpha value is -1.46. The fourth-order valence-corrected chi connectivity index (χ4v) is 3.89. The molecule has 1 amide bonds. The van der Waals surface area contributed by atoms with Crippen LogP contribution in [0.1, 0.15) is 25.7 Å². The van der Waals surface area contributed by atoms with Crippen LogP contribution in [0.4, 0.5) is 0 Å². The molecule has 2 saturated heterocycles. The number of nitrogens with zero attached hydrogens (tertiary/aromatic N) is 1. The van der Waals surface area contributed by atoms with Crippen LogP contribution in [0.15, 0.2) is 24.3 Å². The maximum absolute atomic E-state index is 12.7. The average Bonchev–Trinajstić information content (AvgIpc) is 2.91. The second-order valence-electron chi connectivity index (χ2n) is 6.58. The first-order chi connectivity index (χ1) is 10.7. The standard InChI is InChI=1S/C17H22N2O3.ClH/c1-19(13-8-11-6-7-12(9-13)18-11)17(20)16-10-21-14-4-2-3-5-15(14)22-16;/h2-5,11-13,16,18H,6-10H2,1H3;1H. The summed E-state index contributed by atoms with van der Waals surface area (Å²) in [6.45, 7) is 0.290. The Balaban J connectivity index is 0.00000156. The molecular formula is C17H23ClN2O3. The third-order valence-corrected chi connectivity index (χ3v) is 5.13. The van der Waals surface area contributed by atoms with E-state index >= 15 is 0 Å². The predicted molar refractivity (Wildman–Crippen MR) is 89.3 cm³/mol. The lowest BCUT2D eigenvalue weighted by Gasteiger charge is -2.37. The molecule has 3 atom stereocenters. The van der Waals surface area contributed by atoms with E-state index in [4.69, 9.17) is 9.47 Å². The molecule has 4 rings (SSSR count). The highest BCUT2D eigenvalue weighted by molar-refractivity contribution is 5.85. The zero-order valence-electron chi connectivity index (χ0n) is 13.2. The van der Waals surface area contributed by atoms with Crippen molar-refractivity contribution in [3.63, 3.8) is 0 Å². The Morgan fingerprint density at radius 1 is 1.17 bits per heavy atom. The first kappa shape index (κ1) is 16.4. The number of benzene rings is 1. The number of para-hydroxylation sites is 2. The quantitative estimate of drug-likeness (QED) is 0.896.